The van der Waals surface area contributed by atoms with Gasteiger partial charge in [0, 0.05) is 0 Å². The number of benzene rings is 1. The Labute approximate surface area is 124 Å². The minimum atomic E-state index is 0.169. The van der Waals surface area contributed by atoms with Crippen LogP contribution in [0.3, 0.4) is 0 Å². The fraction of sp³-hybridized carbons (Fsp3) is 0.667. The van der Waals surface area contributed by atoms with Gasteiger partial charge >= 0.3 is 0 Å². The van der Waals surface area contributed by atoms with E-state index in [2.05, 4.69) is 52.0 Å². The van der Waals surface area contributed by atoms with Gasteiger partial charge in [0.2, 0.25) is 0 Å². The topological polar surface area (TPSA) is 0 Å². The molecule has 1 aromatic rings. The van der Waals surface area contributed by atoms with Gasteiger partial charge in [-0.05, 0) is 35.8 Å². The number of hydrogen-bond acceptors (Lipinski definition) is 0. The summed E-state index contributed by atoms with van der Waals surface area (Å²) in [5.74, 6) is 1.25. The molecule has 0 nitrogen and oxygen atoms in total. The summed E-state index contributed by atoms with van der Waals surface area (Å²) in [6, 6.07) is 8.97. The van der Waals surface area contributed by atoms with Crippen molar-refractivity contribution < 1.29 is 0 Å². The highest BCUT2D eigenvalue weighted by Gasteiger charge is 2.19. The average Bonchev–Trinajstić information content (AvgIpc) is 2.47. The van der Waals surface area contributed by atoms with E-state index in [9.17, 15) is 0 Å². The van der Waals surface area contributed by atoms with Crippen molar-refractivity contribution >= 4 is 11.6 Å². The quantitative estimate of drug-likeness (QED) is 0.465. The van der Waals surface area contributed by atoms with Crippen LogP contribution in [0.2, 0.25) is 0 Å². The van der Waals surface area contributed by atoms with Crippen LogP contribution in [0.4, 0.5) is 0 Å². The molecule has 1 heteroatoms. The monoisotopic (exact) mass is 280 g/mol. The molecule has 108 valence electrons. The SMILES string of the molecule is CCCCC(CC)C(Cl)c1ccc(C(C)CC)cc1. The lowest BCUT2D eigenvalue weighted by Crippen LogP contribution is -2.07. The number of unbranched alkanes of at least 4 members (excludes halogenated alkanes) is 1. The Morgan fingerprint density at radius 1 is 0.947 bits per heavy atom. The van der Waals surface area contributed by atoms with Gasteiger partial charge in [-0.25, -0.2) is 0 Å². The Balaban J connectivity index is 2.72. The van der Waals surface area contributed by atoms with Crippen LogP contribution in [0.1, 0.15) is 82.2 Å². The second-order valence-electron chi connectivity index (χ2n) is 5.69. The van der Waals surface area contributed by atoms with Gasteiger partial charge in [0.05, 0.1) is 5.38 Å². The van der Waals surface area contributed by atoms with Gasteiger partial charge in [0.1, 0.15) is 0 Å². The van der Waals surface area contributed by atoms with Crippen LogP contribution < -0.4 is 0 Å². The van der Waals surface area contributed by atoms with E-state index >= 15 is 0 Å². The molecule has 1 rings (SSSR count). The van der Waals surface area contributed by atoms with Gasteiger partial charge in [-0.2, -0.15) is 0 Å². The van der Waals surface area contributed by atoms with E-state index in [0.29, 0.717) is 11.8 Å². The van der Waals surface area contributed by atoms with Crippen molar-refractivity contribution in [1.29, 1.82) is 0 Å². The van der Waals surface area contributed by atoms with Gasteiger partial charge in [-0.15, -0.1) is 11.6 Å². The average molecular weight is 281 g/mol. The largest absolute Gasteiger partial charge is 0.118 e. The smallest absolute Gasteiger partial charge is 0.0613 e. The molecule has 0 saturated carbocycles. The molecule has 0 amide bonds. The molecular weight excluding hydrogens is 252 g/mol. The van der Waals surface area contributed by atoms with Crippen molar-refractivity contribution in [2.75, 3.05) is 0 Å². The lowest BCUT2D eigenvalue weighted by atomic mass is 9.90. The first-order chi connectivity index (χ1) is 9.13. The van der Waals surface area contributed by atoms with Gasteiger partial charge in [-0.1, -0.05) is 71.2 Å². The Hall–Kier alpha value is -0.490. The maximum absolute atomic E-state index is 6.67. The minimum Gasteiger partial charge on any atom is -0.118 e. The van der Waals surface area contributed by atoms with Gasteiger partial charge < -0.3 is 0 Å². The van der Waals surface area contributed by atoms with Gasteiger partial charge in [-0.3, -0.25) is 0 Å². The third-order valence-electron chi connectivity index (χ3n) is 4.30. The molecule has 0 radical (unpaired) electrons. The van der Waals surface area contributed by atoms with E-state index in [-0.39, 0.29) is 5.38 Å². The van der Waals surface area contributed by atoms with Crippen LogP contribution in [0, 0.1) is 5.92 Å². The minimum absolute atomic E-state index is 0.169. The second-order valence-corrected chi connectivity index (χ2v) is 6.16. The predicted octanol–water partition coefficient (Wildman–Crippen LogP) is 6.70. The molecule has 0 fully saturated rings. The second kappa shape index (κ2) is 8.64. The first kappa shape index (κ1) is 16.6. The third-order valence-corrected chi connectivity index (χ3v) is 4.91. The Morgan fingerprint density at radius 3 is 2.00 bits per heavy atom. The molecule has 1 aromatic carbocycles. The summed E-state index contributed by atoms with van der Waals surface area (Å²) in [5, 5.41) is 0.169. The third kappa shape index (κ3) is 4.84. The van der Waals surface area contributed by atoms with Crippen molar-refractivity contribution in [2.24, 2.45) is 5.92 Å². The number of hydrogen-bond donors (Lipinski definition) is 0. The molecule has 0 aliphatic carbocycles. The summed E-state index contributed by atoms with van der Waals surface area (Å²) < 4.78 is 0. The summed E-state index contributed by atoms with van der Waals surface area (Å²) in [4.78, 5) is 0. The van der Waals surface area contributed by atoms with Crippen LogP contribution in [0.5, 0.6) is 0 Å². The van der Waals surface area contributed by atoms with Crippen molar-refractivity contribution in [3.8, 4) is 0 Å². The summed E-state index contributed by atoms with van der Waals surface area (Å²) in [6.07, 6.45) is 6.15. The first-order valence-electron chi connectivity index (χ1n) is 7.87. The lowest BCUT2D eigenvalue weighted by Gasteiger charge is -2.21. The summed E-state index contributed by atoms with van der Waals surface area (Å²) in [6.45, 7) is 9.02. The van der Waals surface area contributed by atoms with Gasteiger partial charge in [0.25, 0.3) is 0 Å². The summed E-state index contributed by atoms with van der Waals surface area (Å²) in [5.41, 5.74) is 2.72. The highest BCUT2D eigenvalue weighted by molar-refractivity contribution is 6.21. The molecular formula is C18H29Cl. The van der Waals surface area contributed by atoms with Gasteiger partial charge in [0.15, 0.2) is 0 Å². The Morgan fingerprint density at radius 2 is 1.53 bits per heavy atom. The van der Waals surface area contributed by atoms with Crippen LogP contribution in [0.25, 0.3) is 0 Å². The maximum atomic E-state index is 6.67. The molecule has 3 atom stereocenters. The van der Waals surface area contributed by atoms with Crippen molar-refractivity contribution in [1.82, 2.24) is 0 Å². The Bertz CT molecular complexity index is 341. The molecule has 19 heavy (non-hydrogen) atoms. The van der Waals surface area contributed by atoms with E-state index < -0.39 is 0 Å². The number of halogens is 1. The fourth-order valence-corrected chi connectivity index (χ4v) is 2.99. The van der Waals surface area contributed by atoms with Crippen LogP contribution >= 0.6 is 11.6 Å². The maximum Gasteiger partial charge on any atom is 0.0613 e. The molecule has 0 bridgehead atoms. The van der Waals surface area contributed by atoms with E-state index in [1.165, 1.54) is 43.2 Å². The molecule has 0 saturated heterocycles. The van der Waals surface area contributed by atoms with E-state index in [0.717, 1.165) is 0 Å². The van der Waals surface area contributed by atoms with E-state index in [4.69, 9.17) is 11.6 Å². The highest BCUT2D eigenvalue weighted by atomic mass is 35.5. The van der Waals surface area contributed by atoms with Crippen LogP contribution in [0.15, 0.2) is 24.3 Å². The molecule has 0 aliphatic rings. The van der Waals surface area contributed by atoms with E-state index in [1.807, 2.05) is 0 Å². The fourth-order valence-electron chi connectivity index (χ4n) is 2.54. The van der Waals surface area contributed by atoms with Crippen molar-refractivity contribution in [3.63, 3.8) is 0 Å². The first-order valence-corrected chi connectivity index (χ1v) is 8.31. The molecule has 0 heterocycles. The normalized spacial score (nSPS) is 16.1. The molecule has 0 aromatic heterocycles. The molecule has 0 spiro atoms. The van der Waals surface area contributed by atoms with Crippen LogP contribution in [-0.2, 0) is 0 Å². The zero-order chi connectivity index (χ0) is 14.3. The van der Waals surface area contributed by atoms with Crippen molar-refractivity contribution in [3.05, 3.63) is 35.4 Å². The Kier molecular flexibility index (Phi) is 7.53. The number of rotatable bonds is 8. The number of alkyl halides is 1. The lowest BCUT2D eigenvalue weighted by molar-refractivity contribution is 0.437. The summed E-state index contributed by atoms with van der Waals surface area (Å²) >= 11 is 6.67. The zero-order valence-corrected chi connectivity index (χ0v) is 13.7. The molecule has 0 N–H and O–H groups in total. The standard InChI is InChI=1S/C18H29Cl/c1-5-8-9-15(7-3)18(19)17-12-10-16(11-13-17)14(4)6-2/h10-15,18H,5-9H2,1-4H3. The predicted molar refractivity (Wildman–Crippen MR) is 87.0 cm³/mol. The molecule has 3 unspecified atom stereocenters. The summed E-state index contributed by atoms with van der Waals surface area (Å²) in [7, 11) is 0. The van der Waals surface area contributed by atoms with Crippen LogP contribution in [-0.4, -0.2) is 0 Å². The highest BCUT2D eigenvalue weighted by Crippen LogP contribution is 2.35. The van der Waals surface area contributed by atoms with E-state index in [1.54, 1.807) is 0 Å². The van der Waals surface area contributed by atoms with Crippen molar-refractivity contribution in [2.45, 2.75) is 71.1 Å². The molecule has 0 aliphatic heterocycles. The zero-order valence-electron chi connectivity index (χ0n) is 13.0.